The summed E-state index contributed by atoms with van der Waals surface area (Å²) >= 11 is 0. The van der Waals surface area contributed by atoms with E-state index in [9.17, 15) is 0 Å². The lowest BCUT2D eigenvalue weighted by molar-refractivity contribution is 0.295. The zero-order chi connectivity index (χ0) is 19.5. The summed E-state index contributed by atoms with van der Waals surface area (Å²) in [7, 11) is 0. The molecule has 0 saturated heterocycles. The van der Waals surface area contributed by atoms with Crippen LogP contribution in [0.15, 0.2) is 42.6 Å². The standard InChI is InChI=1S/C22H25N5O/c1-3-16-5-4-6-17(11-16)28-14-20-25-19-9-10-27(13-18(19)22(23)26-20)21-8-7-15(2)12-24-21/h4-8,11-12H,3,9-10,13-14H2,1-2H3,(H2,23,25,26). The average Bonchev–Trinajstić information content (AvgIpc) is 2.73. The predicted molar refractivity (Wildman–Crippen MR) is 110 cm³/mol. The van der Waals surface area contributed by atoms with Gasteiger partial charge in [-0.05, 0) is 42.7 Å². The fraction of sp³-hybridized carbons (Fsp3) is 0.318. The number of benzene rings is 1. The summed E-state index contributed by atoms with van der Waals surface area (Å²) in [6, 6.07) is 12.2. The molecule has 1 aromatic carbocycles. The van der Waals surface area contributed by atoms with E-state index in [1.807, 2.05) is 37.4 Å². The van der Waals surface area contributed by atoms with Crippen LogP contribution >= 0.6 is 0 Å². The highest BCUT2D eigenvalue weighted by Gasteiger charge is 2.22. The lowest BCUT2D eigenvalue weighted by Gasteiger charge is -2.30. The Bertz CT molecular complexity index is 971. The molecule has 0 radical (unpaired) electrons. The second-order valence-electron chi connectivity index (χ2n) is 7.11. The van der Waals surface area contributed by atoms with Crippen molar-refractivity contribution in [3.8, 4) is 5.75 Å². The van der Waals surface area contributed by atoms with Crippen molar-refractivity contribution in [2.75, 3.05) is 17.2 Å². The number of anilines is 2. The smallest absolute Gasteiger partial charge is 0.168 e. The van der Waals surface area contributed by atoms with Crippen LogP contribution in [-0.2, 0) is 26.0 Å². The maximum Gasteiger partial charge on any atom is 0.168 e. The molecule has 0 spiro atoms. The van der Waals surface area contributed by atoms with Crippen molar-refractivity contribution in [2.45, 2.75) is 39.8 Å². The van der Waals surface area contributed by atoms with Crippen LogP contribution in [0, 0.1) is 6.92 Å². The minimum absolute atomic E-state index is 0.313. The van der Waals surface area contributed by atoms with Gasteiger partial charge < -0.3 is 15.4 Å². The summed E-state index contributed by atoms with van der Waals surface area (Å²) in [6.07, 6.45) is 3.68. The molecule has 144 valence electrons. The monoisotopic (exact) mass is 375 g/mol. The molecule has 4 rings (SSSR count). The van der Waals surface area contributed by atoms with E-state index in [0.29, 0.717) is 24.8 Å². The van der Waals surface area contributed by atoms with Gasteiger partial charge in [0.2, 0.25) is 0 Å². The number of rotatable bonds is 5. The van der Waals surface area contributed by atoms with Crippen molar-refractivity contribution in [1.29, 1.82) is 0 Å². The van der Waals surface area contributed by atoms with Crippen LogP contribution in [0.5, 0.6) is 5.75 Å². The van der Waals surface area contributed by atoms with Gasteiger partial charge in [0.1, 0.15) is 24.0 Å². The predicted octanol–water partition coefficient (Wildman–Crippen LogP) is 3.47. The van der Waals surface area contributed by atoms with Crippen molar-refractivity contribution in [3.05, 3.63) is 70.8 Å². The number of nitrogens with two attached hydrogens (primary N) is 1. The molecule has 3 heterocycles. The molecular formula is C22H25N5O. The highest BCUT2D eigenvalue weighted by atomic mass is 16.5. The van der Waals surface area contributed by atoms with Gasteiger partial charge in [0.25, 0.3) is 0 Å². The molecule has 6 heteroatoms. The maximum absolute atomic E-state index is 6.27. The van der Waals surface area contributed by atoms with Gasteiger partial charge in [0.05, 0.1) is 5.69 Å². The second kappa shape index (κ2) is 7.84. The molecule has 1 aliphatic heterocycles. The Labute approximate surface area is 165 Å². The number of hydrogen-bond acceptors (Lipinski definition) is 6. The zero-order valence-corrected chi connectivity index (χ0v) is 16.4. The third-order valence-electron chi connectivity index (χ3n) is 5.03. The minimum atomic E-state index is 0.313. The third-order valence-corrected chi connectivity index (χ3v) is 5.03. The zero-order valence-electron chi connectivity index (χ0n) is 16.4. The van der Waals surface area contributed by atoms with Crippen LogP contribution in [-0.4, -0.2) is 21.5 Å². The molecule has 0 saturated carbocycles. The van der Waals surface area contributed by atoms with Gasteiger partial charge in [-0.15, -0.1) is 0 Å². The van der Waals surface area contributed by atoms with E-state index in [2.05, 4.69) is 33.9 Å². The summed E-state index contributed by atoms with van der Waals surface area (Å²) < 4.78 is 5.88. The molecule has 3 aromatic rings. The quantitative estimate of drug-likeness (QED) is 0.736. The fourth-order valence-corrected chi connectivity index (χ4v) is 3.40. The number of hydrogen-bond donors (Lipinski definition) is 1. The van der Waals surface area contributed by atoms with E-state index in [-0.39, 0.29) is 0 Å². The largest absolute Gasteiger partial charge is 0.486 e. The average molecular weight is 375 g/mol. The van der Waals surface area contributed by atoms with E-state index in [4.69, 9.17) is 15.5 Å². The Kier molecular flexibility index (Phi) is 5.10. The highest BCUT2D eigenvalue weighted by Crippen LogP contribution is 2.25. The van der Waals surface area contributed by atoms with Crippen LogP contribution in [0.2, 0.25) is 0 Å². The van der Waals surface area contributed by atoms with E-state index in [1.54, 1.807) is 0 Å². The molecule has 0 bridgehead atoms. The molecule has 2 N–H and O–H groups in total. The lowest BCUT2D eigenvalue weighted by Crippen LogP contribution is -2.33. The van der Waals surface area contributed by atoms with Gasteiger partial charge in [-0.25, -0.2) is 15.0 Å². The molecule has 0 fully saturated rings. The van der Waals surface area contributed by atoms with Gasteiger partial charge in [-0.2, -0.15) is 0 Å². The van der Waals surface area contributed by atoms with Gasteiger partial charge in [-0.1, -0.05) is 25.1 Å². The molecular weight excluding hydrogens is 350 g/mol. The van der Waals surface area contributed by atoms with E-state index in [0.717, 1.165) is 47.8 Å². The van der Waals surface area contributed by atoms with Crippen molar-refractivity contribution in [3.63, 3.8) is 0 Å². The van der Waals surface area contributed by atoms with Crippen LogP contribution in [0.3, 0.4) is 0 Å². The Morgan fingerprint density at radius 3 is 2.86 bits per heavy atom. The Hall–Kier alpha value is -3.15. The lowest BCUT2D eigenvalue weighted by atomic mass is 10.1. The maximum atomic E-state index is 6.27. The van der Waals surface area contributed by atoms with Gasteiger partial charge in [0.15, 0.2) is 5.82 Å². The molecule has 28 heavy (non-hydrogen) atoms. The molecule has 0 unspecified atom stereocenters. The fourth-order valence-electron chi connectivity index (χ4n) is 3.40. The molecule has 2 aromatic heterocycles. The SMILES string of the molecule is CCc1cccc(OCc2nc(N)c3c(n2)CCN(c2ccc(C)cn2)C3)c1. The highest BCUT2D eigenvalue weighted by molar-refractivity contribution is 5.50. The van der Waals surface area contributed by atoms with Gasteiger partial charge >= 0.3 is 0 Å². The van der Waals surface area contributed by atoms with Crippen LogP contribution < -0.4 is 15.4 Å². The normalized spacial score (nSPS) is 13.3. The first-order chi connectivity index (χ1) is 13.6. The van der Waals surface area contributed by atoms with E-state index in [1.165, 1.54) is 5.56 Å². The third kappa shape index (κ3) is 3.91. The summed E-state index contributed by atoms with van der Waals surface area (Å²) in [5.41, 5.74) is 10.7. The first kappa shape index (κ1) is 18.2. The van der Waals surface area contributed by atoms with Crippen LogP contribution in [0.25, 0.3) is 0 Å². The first-order valence-electron chi connectivity index (χ1n) is 9.66. The number of fused-ring (bicyclic) bond motifs is 1. The molecule has 1 aliphatic rings. The first-order valence-corrected chi connectivity index (χ1v) is 9.66. The number of nitrogen functional groups attached to an aromatic ring is 1. The molecule has 0 aliphatic carbocycles. The number of ether oxygens (including phenoxy) is 1. The number of aryl methyl sites for hydroxylation is 2. The summed E-state index contributed by atoms with van der Waals surface area (Å²) in [4.78, 5) is 15.9. The van der Waals surface area contributed by atoms with Gasteiger partial charge in [-0.3, -0.25) is 0 Å². The van der Waals surface area contributed by atoms with Crippen molar-refractivity contribution in [1.82, 2.24) is 15.0 Å². The summed E-state index contributed by atoms with van der Waals surface area (Å²) in [5, 5.41) is 0. The Morgan fingerprint density at radius 1 is 1.18 bits per heavy atom. The van der Waals surface area contributed by atoms with Crippen LogP contribution in [0.4, 0.5) is 11.6 Å². The van der Waals surface area contributed by atoms with E-state index < -0.39 is 0 Å². The number of aromatic nitrogens is 3. The molecule has 0 atom stereocenters. The minimum Gasteiger partial charge on any atom is -0.486 e. The van der Waals surface area contributed by atoms with Crippen molar-refractivity contribution >= 4 is 11.6 Å². The molecule has 6 nitrogen and oxygen atoms in total. The van der Waals surface area contributed by atoms with Crippen LogP contribution in [0.1, 0.15) is 35.1 Å². The van der Waals surface area contributed by atoms with Crippen molar-refractivity contribution < 1.29 is 4.74 Å². The van der Waals surface area contributed by atoms with Gasteiger partial charge in [0, 0.05) is 31.3 Å². The topological polar surface area (TPSA) is 77.2 Å². The van der Waals surface area contributed by atoms with E-state index >= 15 is 0 Å². The number of nitrogens with zero attached hydrogens (tertiary/aromatic N) is 4. The molecule has 0 amide bonds. The Morgan fingerprint density at radius 2 is 2.07 bits per heavy atom. The van der Waals surface area contributed by atoms with Crippen molar-refractivity contribution in [2.24, 2.45) is 0 Å². The Balaban J connectivity index is 1.48. The summed E-state index contributed by atoms with van der Waals surface area (Å²) in [6.45, 7) is 6.02. The summed E-state index contributed by atoms with van der Waals surface area (Å²) in [5.74, 6) is 2.94. The second-order valence-corrected chi connectivity index (χ2v) is 7.11. The number of pyridine rings is 1.